The zero-order valence-corrected chi connectivity index (χ0v) is 12.7. The van der Waals surface area contributed by atoms with Crippen LogP contribution in [0.3, 0.4) is 0 Å². The van der Waals surface area contributed by atoms with Crippen LogP contribution >= 0.6 is 0 Å². The van der Waals surface area contributed by atoms with Gasteiger partial charge in [0.05, 0.1) is 6.61 Å². The summed E-state index contributed by atoms with van der Waals surface area (Å²) in [6.07, 6.45) is 11.0. The highest BCUT2D eigenvalue weighted by molar-refractivity contribution is 4.78. The van der Waals surface area contributed by atoms with E-state index in [1.807, 2.05) is 0 Å². The van der Waals surface area contributed by atoms with Crippen molar-refractivity contribution in [3.05, 3.63) is 0 Å². The van der Waals surface area contributed by atoms with Crippen molar-refractivity contribution in [1.82, 2.24) is 4.90 Å². The van der Waals surface area contributed by atoms with E-state index in [-0.39, 0.29) is 0 Å². The van der Waals surface area contributed by atoms with E-state index in [9.17, 15) is 0 Å². The van der Waals surface area contributed by atoms with Crippen molar-refractivity contribution in [2.45, 2.75) is 57.4 Å². The standard InChI is InChI=1S/C16H32N2O/c1-18(12-15-8-5-9-19-13-15)16(11-17)10-14-6-3-2-4-7-14/h14-16H,2-13,17H2,1H3. The van der Waals surface area contributed by atoms with E-state index in [0.717, 1.165) is 38.1 Å². The first kappa shape index (κ1) is 15.3. The second kappa shape index (κ2) is 8.23. The minimum absolute atomic E-state index is 0.574. The molecule has 0 amide bonds. The Kier molecular flexibility index (Phi) is 6.62. The van der Waals surface area contributed by atoms with Gasteiger partial charge in [0.2, 0.25) is 0 Å². The van der Waals surface area contributed by atoms with E-state index in [0.29, 0.717) is 6.04 Å². The summed E-state index contributed by atoms with van der Waals surface area (Å²) in [5.74, 6) is 1.64. The molecule has 1 aliphatic heterocycles. The lowest BCUT2D eigenvalue weighted by atomic mass is 9.84. The molecule has 0 aromatic heterocycles. The zero-order valence-electron chi connectivity index (χ0n) is 12.7. The molecule has 1 heterocycles. The maximum Gasteiger partial charge on any atom is 0.0506 e. The molecule has 0 radical (unpaired) electrons. The summed E-state index contributed by atoms with van der Waals surface area (Å²) in [7, 11) is 2.26. The van der Waals surface area contributed by atoms with Gasteiger partial charge in [-0.2, -0.15) is 0 Å². The molecule has 0 aromatic rings. The second-order valence-corrected chi connectivity index (χ2v) is 6.65. The van der Waals surface area contributed by atoms with Crippen LogP contribution in [-0.4, -0.2) is 44.3 Å². The molecule has 3 heteroatoms. The first-order valence-electron chi connectivity index (χ1n) is 8.27. The van der Waals surface area contributed by atoms with E-state index in [4.69, 9.17) is 10.5 Å². The van der Waals surface area contributed by atoms with E-state index in [1.54, 1.807) is 0 Å². The number of ether oxygens (including phenoxy) is 1. The number of likely N-dealkylation sites (N-methyl/N-ethyl adjacent to an activating group) is 1. The zero-order chi connectivity index (χ0) is 13.5. The predicted octanol–water partition coefficient (Wildman–Crippen LogP) is 2.64. The van der Waals surface area contributed by atoms with Crippen molar-refractivity contribution >= 4 is 0 Å². The van der Waals surface area contributed by atoms with Gasteiger partial charge < -0.3 is 15.4 Å². The number of rotatable bonds is 6. The molecule has 0 aromatic carbocycles. The van der Waals surface area contributed by atoms with Gasteiger partial charge in [0.1, 0.15) is 0 Å². The fourth-order valence-corrected chi connectivity index (χ4v) is 3.77. The molecule has 3 nitrogen and oxygen atoms in total. The minimum Gasteiger partial charge on any atom is -0.381 e. The molecule has 0 bridgehead atoms. The first-order chi connectivity index (χ1) is 9.29. The molecule has 19 heavy (non-hydrogen) atoms. The summed E-state index contributed by atoms with van der Waals surface area (Å²) in [4.78, 5) is 2.51. The van der Waals surface area contributed by atoms with Gasteiger partial charge in [0.15, 0.2) is 0 Å². The third-order valence-electron chi connectivity index (χ3n) is 5.03. The SMILES string of the molecule is CN(CC1CCCOC1)C(CN)CC1CCCCC1. The first-order valence-corrected chi connectivity index (χ1v) is 8.27. The molecule has 2 N–H and O–H groups in total. The van der Waals surface area contributed by atoms with Gasteiger partial charge in [-0.25, -0.2) is 0 Å². The van der Waals surface area contributed by atoms with Crippen molar-refractivity contribution in [1.29, 1.82) is 0 Å². The van der Waals surface area contributed by atoms with Crippen molar-refractivity contribution in [3.8, 4) is 0 Å². The van der Waals surface area contributed by atoms with Crippen LogP contribution in [-0.2, 0) is 4.74 Å². The topological polar surface area (TPSA) is 38.5 Å². The lowest BCUT2D eigenvalue weighted by Crippen LogP contribution is -2.43. The van der Waals surface area contributed by atoms with Gasteiger partial charge >= 0.3 is 0 Å². The van der Waals surface area contributed by atoms with Crippen molar-refractivity contribution in [2.75, 3.05) is 33.4 Å². The number of nitrogens with two attached hydrogens (primary N) is 1. The highest BCUT2D eigenvalue weighted by Crippen LogP contribution is 2.28. The molecule has 2 rings (SSSR count). The molecule has 1 saturated carbocycles. The monoisotopic (exact) mass is 268 g/mol. The summed E-state index contributed by atoms with van der Waals surface area (Å²) < 4.78 is 5.59. The van der Waals surface area contributed by atoms with Crippen molar-refractivity contribution < 1.29 is 4.74 Å². The molecular weight excluding hydrogens is 236 g/mol. The second-order valence-electron chi connectivity index (χ2n) is 6.65. The Balaban J connectivity index is 1.74. The number of hydrogen-bond donors (Lipinski definition) is 1. The summed E-state index contributed by atoms with van der Waals surface area (Å²) in [6.45, 7) is 3.88. The van der Waals surface area contributed by atoms with E-state index < -0.39 is 0 Å². The summed E-state index contributed by atoms with van der Waals surface area (Å²) in [6, 6.07) is 0.574. The normalized spacial score (nSPS) is 27.6. The van der Waals surface area contributed by atoms with Gasteiger partial charge in [-0.1, -0.05) is 32.1 Å². The van der Waals surface area contributed by atoms with E-state index >= 15 is 0 Å². The van der Waals surface area contributed by atoms with Crippen LogP contribution in [0.5, 0.6) is 0 Å². The lowest BCUT2D eigenvalue weighted by molar-refractivity contribution is 0.0343. The van der Waals surface area contributed by atoms with Gasteiger partial charge in [0.25, 0.3) is 0 Å². The Hall–Kier alpha value is -0.120. The van der Waals surface area contributed by atoms with Crippen molar-refractivity contribution in [2.24, 2.45) is 17.6 Å². The van der Waals surface area contributed by atoms with E-state index in [1.165, 1.54) is 51.4 Å². The van der Waals surface area contributed by atoms with Gasteiger partial charge in [-0.3, -0.25) is 0 Å². The van der Waals surface area contributed by atoms with Crippen LogP contribution in [0.15, 0.2) is 0 Å². The molecule has 1 aliphatic carbocycles. The summed E-state index contributed by atoms with van der Waals surface area (Å²) >= 11 is 0. The van der Waals surface area contributed by atoms with Crippen LogP contribution in [0.25, 0.3) is 0 Å². The average Bonchev–Trinajstić information content (AvgIpc) is 2.47. The Labute approximate surface area is 118 Å². The molecule has 2 fully saturated rings. The molecular formula is C16H32N2O. The summed E-state index contributed by atoms with van der Waals surface area (Å²) in [5, 5.41) is 0. The molecule has 2 unspecified atom stereocenters. The van der Waals surface area contributed by atoms with Crippen LogP contribution in [0, 0.1) is 11.8 Å². The predicted molar refractivity (Wildman–Crippen MR) is 80.2 cm³/mol. The maximum atomic E-state index is 6.02. The summed E-state index contributed by atoms with van der Waals surface area (Å²) in [5.41, 5.74) is 6.02. The quantitative estimate of drug-likeness (QED) is 0.805. The van der Waals surface area contributed by atoms with E-state index in [2.05, 4.69) is 11.9 Å². The van der Waals surface area contributed by atoms with Gasteiger partial charge in [-0.05, 0) is 38.1 Å². The minimum atomic E-state index is 0.574. The highest BCUT2D eigenvalue weighted by atomic mass is 16.5. The third-order valence-corrected chi connectivity index (χ3v) is 5.03. The van der Waals surface area contributed by atoms with Crippen molar-refractivity contribution in [3.63, 3.8) is 0 Å². The molecule has 1 saturated heterocycles. The van der Waals surface area contributed by atoms with Crippen LogP contribution in [0.1, 0.15) is 51.4 Å². The molecule has 112 valence electrons. The Morgan fingerprint density at radius 3 is 2.47 bits per heavy atom. The smallest absolute Gasteiger partial charge is 0.0506 e. The average molecular weight is 268 g/mol. The van der Waals surface area contributed by atoms with Crippen LogP contribution in [0.4, 0.5) is 0 Å². The number of nitrogens with zero attached hydrogens (tertiary/aromatic N) is 1. The highest BCUT2D eigenvalue weighted by Gasteiger charge is 2.23. The van der Waals surface area contributed by atoms with Crippen LogP contribution < -0.4 is 5.73 Å². The molecule has 2 aliphatic rings. The van der Waals surface area contributed by atoms with Gasteiger partial charge in [-0.15, -0.1) is 0 Å². The number of hydrogen-bond acceptors (Lipinski definition) is 3. The third kappa shape index (κ3) is 5.05. The Bertz CT molecular complexity index is 235. The van der Waals surface area contributed by atoms with Gasteiger partial charge in [0, 0.05) is 25.7 Å². The van der Waals surface area contributed by atoms with Crippen LogP contribution in [0.2, 0.25) is 0 Å². The molecule has 0 spiro atoms. The molecule has 2 atom stereocenters. The maximum absolute atomic E-state index is 6.02. The fourth-order valence-electron chi connectivity index (χ4n) is 3.77. The largest absolute Gasteiger partial charge is 0.381 e. The fraction of sp³-hybridized carbons (Fsp3) is 1.00. The Morgan fingerprint density at radius 2 is 1.84 bits per heavy atom. The lowest BCUT2D eigenvalue weighted by Gasteiger charge is -2.35. The Morgan fingerprint density at radius 1 is 1.11 bits per heavy atom.